The Kier molecular flexibility index (Phi) is 7.99. The molecule has 2 atom stereocenters. The summed E-state index contributed by atoms with van der Waals surface area (Å²) in [4.78, 5) is 16.8. The van der Waals surface area contributed by atoms with Gasteiger partial charge in [0.05, 0.1) is 6.54 Å². The molecule has 2 fully saturated rings. The number of carbonyl (C=O) groups excluding carboxylic acids is 1. The highest BCUT2D eigenvalue weighted by Gasteiger charge is 2.29. The average molecular weight is 318 g/mol. The number of likely N-dealkylation sites (N-methyl/N-ethyl adjacent to an activating group) is 1. The molecule has 1 heterocycles. The van der Waals surface area contributed by atoms with Crippen molar-refractivity contribution < 1.29 is 4.79 Å². The van der Waals surface area contributed by atoms with Gasteiger partial charge in [-0.1, -0.05) is 26.2 Å². The molecular weight excluding hydrogens is 286 g/mol. The molecule has 21 heavy (non-hydrogen) atoms. The van der Waals surface area contributed by atoms with Crippen LogP contribution in [0, 0.1) is 5.92 Å². The third kappa shape index (κ3) is 5.11. The summed E-state index contributed by atoms with van der Waals surface area (Å²) >= 11 is 0. The lowest BCUT2D eigenvalue weighted by atomic mass is 9.92. The number of nitrogens with zero attached hydrogens (tertiary/aromatic N) is 2. The highest BCUT2D eigenvalue weighted by Crippen LogP contribution is 2.24. The Morgan fingerprint density at radius 2 is 1.90 bits per heavy atom. The summed E-state index contributed by atoms with van der Waals surface area (Å²) < 4.78 is 0. The Morgan fingerprint density at radius 1 is 1.24 bits per heavy atom. The molecule has 0 spiro atoms. The molecule has 124 valence electrons. The van der Waals surface area contributed by atoms with E-state index in [1.165, 1.54) is 38.5 Å². The van der Waals surface area contributed by atoms with Gasteiger partial charge in [0, 0.05) is 25.7 Å². The molecule has 2 N–H and O–H groups in total. The lowest BCUT2D eigenvalue weighted by Crippen LogP contribution is -2.51. The van der Waals surface area contributed by atoms with Crippen LogP contribution in [0.5, 0.6) is 0 Å². The lowest BCUT2D eigenvalue weighted by Gasteiger charge is -2.39. The van der Waals surface area contributed by atoms with Crippen molar-refractivity contribution in [2.24, 2.45) is 11.7 Å². The van der Waals surface area contributed by atoms with E-state index in [9.17, 15) is 4.79 Å². The topological polar surface area (TPSA) is 49.6 Å². The predicted octanol–water partition coefficient (Wildman–Crippen LogP) is 2.26. The van der Waals surface area contributed by atoms with Crippen molar-refractivity contribution in [2.45, 2.75) is 64.0 Å². The minimum Gasteiger partial charge on any atom is -0.342 e. The van der Waals surface area contributed by atoms with Gasteiger partial charge >= 0.3 is 0 Å². The third-order valence-electron chi connectivity index (χ3n) is 5.23. The van der Waals surface area contributed by atoms with Crippen molar-refractivity contribution in [1.29, 1.82) is 0 Å². The largest absolute Gasteiger partial charge is 0.342 e. The van der Waals surface area contributed by atoms with Gasteiger partial charge in [-0.3, -0.25) is 9.69 Å². The first-order valence-electron chi connectivity index (χ1n) is 8.31. The first kappa shape index (κ1) is 18.7. The zero-order valence-corrected chi connectivity index (χ0v) is 14.4. The van der Waals surface area contributed by atoms with Crippen LogP contribution >= 0.6 is 12.4 Å². The minimum atomic E-state index is 0. The fourth-order valence-corrected chi connectivity index (χ4v) is 3.71. The van der Waals surface area contributed by atoms with E-state index in [-0.39, 0.29) is 18.3 Å². The zero-order valence-electron chi connectivity index (χ0n) is 13.6. The van der Waals surface area contributed by atoms with Crippen molar-refractivity contribution >= 4 is 18.3 Å². The number of rotatable bonds is 4. The lowest BCUT2D eigenvalue weighted by molar-refractivity contribution is -0.134. The summed E-state index contributed by atoms with van der Waals surface area (Å²) in [5.41, 5.74) is 5.88. The van der Waals surface area contributed by atoms with Crippen molar-refractivity contribution in [3.63, 3.8) is 0 Å². The van der Waals surface area contributed by atoms with Gasteiger partial charge in [-0.25, -0.2) is 0 Å². The smallest absolute Gasteiger partial charge is 0.236 e. The second-order valence-corrected chi connectivity index (χ2v) is 6.79. The molecule has 1 aliphatic heterocycles. The molecule has 2 rings (SSSR count). The van der Waals surface area contributed by atoms with Crippen LogP contribution in [0.1, 0.15) is 51.9 Å². The Balaban J connectivity index is 0.00000220. The van der Waals surface area contributed by atoms with Gasteiger partial charge < -0.3 is 10.6 Å². The van der Waals surface area contributed by atoms with Crippen LogP contribution < -0.4 is 5.73 Å². The number of halogens is 1. The average Bonchev–Trinajstić information content (AvgIpc) is 2.49. The van der Waals surface area contributed by atoms with Gasteiger partial charge in [-0.05, 0) is 38.1 Å². The number of piperidine rings is 1. The van der Waals surface area contributed by atoms with Crippen LogP contribution in [0.2, 0.25) is 0 Å². The van der Waals surface area contributed by atoms with Crippen LogP contribution in [0.15, 0.2) is 0 Å². The Bertz CT molecular complexity index is 321. The molecule has 1 aliphatic carbocycles. The summed E-state index contributed by atoms with van der Waals surface area (Å²) in [7, 11) is 1.99. The van der Waals surface area contributed by atoms with E-state index >= 15 is 0 Å². The Hall–Kier alpha value is -0.320. The van der Waals surface area contributed by atoms with Gasteiger partial charge in [-0.2, -0.15) is 0 Å². The fourth-order valence-electron chi connectivity index (χ4n) is 3.71. The molecule has 0 aromatic carbocycles. The number of hydrogen-bond acceptors (Lipinski definition) is 3. The van der Waals surface area contributed by atoms with Crippen molar-refractivity contribution in [3.05, 3.63) is 0 Å². The molecule has 4 nitrogen and oxygen atoms in total. The maximum atomic E-state index is 12.5. The summed E-state index contributed by atoms with van der Waals surface area (Å²) in [5.74, 6) is 1.02. The van der Waals surface area contributed by atoms with E-state index in [1.807, 2.05) is 11.9 Å². The van der Waals surface area contributed by atoms with E-state index < -0.39 is 0 Å². The van der Waals surface area contributed by atoms with Gasteiger partial charge in [0.1, 0.15) is 0 Å². The van der Waals surface area contributed by atoms with Crippen LogP contribution in [0.25, 0.3) is 0 Å². The van der Waals surface area contributed by atoms with Crippen molar-refractivity contribution in [3.8, 4) is 0 Å². The van der Waals surface area contributed by atoms with E-state index in [2.05, 4.69) is 11.8 Å². The second kappa shape index (κ2) is 8.96. The molecule has 2 aliphatic rings. The molecule has 2 unspecified atom stereocenters. The van der Waals surface area contributed by atoms with Crippen LogP contribution in [0.3, 0.4) is 0 Å². The van der Waals surface area contributed by atoms with Crippen molar-refractivity contribution in [1.82, 2.24) is 9.80 Å². The first-order valence-corrected chi connectivity index (χ1v) is 8.31. The summed E-state index contributed by atoms with van der Waals surface area (Å²) in [6.45, 7) is 4.54. The van der Waals surface area contributed by atoms with E-state index in [4.69, 9.17) is 5.73 Å². The first-order chi connectivity index (χ1) is 9.61. The highest BCUT2D eigenvalue weighted by molar-refractivity contribution is 5.85. The fraction of sp³-hybridized carbons (Fsp3) is 0.938. The van der Waals surface area contributed by atoms with E-state index in [1.54, 1.807) is 0 Å². The van der Waals surface area contributed by atoms with Gasteiger partial charge in [0.2, 0.25) is 5.91 Å². The molecule has 0 aromatic heterocycles. The number of nitrogens with two attached hydrogens (primary N) is 1. The van der Waals surface area contributed by atoms with Crippen LogP contribution in [-0.4, -0.2) is 54.5 Å². The maximum Gasteiger partial charge on any atom is 0.236 e. The number of hydrogen-bond donors (Lipinski definition) is 1. The predicted molar refractivity (Wildman–Crippen MR) is 89.7 cm³/mol. The quantitative estimate of drug-likeness (QED) is 0.865. The van der Waals surface area contributed by atoms with Gasteiger partial charge in [-0.15, -0.1) is 12.4 Å². The van der Waals surface area contributed by atoms with Crippen LogP contribution in [0.4, 0.5) is 0 Å². The number of amides is 1. The van der Waals surface area contributed by atoms with Gasteiger partial charge in [0.25, 0.3) is 0 Å². The molecule has 1 amide bonds. The summed E-state index contributed by atoms with van der Waals surface area (Å²) in [6.07, 6.45) is 8.56. The monoisotopic (exact) mass is 317 g/mol. The summed E-state index contributed by atoms with van der Waals surface area (Å²) in [6, 6.07) is 0.860. The molecule has 1 saturated carbocycles. The Labute approximate surface area is 135 Å². The number of likely N-dealkylation sites (tertiary alicyclic amines) is 1. The summed E-state index contributed by atoms with van der Waals surface area (Å²) in [5, 5.41) is 0. The second-order valence-electron chi connectivity index (χ2n) is 6.79. The van der Waals surface area contributed by atoms with Crippen molar-refractivity contribution in [2.75, 3.05) is 26.7 Å². The number of carbonyl (C=O) groups is 1. The molecule has 0 aromatic rings. The van der Waals surface area contributed by atoms with E-state index in [0.29, 0.717) is 25.2 Å². The minimum absolute atomic E-state index is 0. The molecular formula is C16H32ClN3O. The Morgan fingerprint density at radius 3 is 2.52 bits per heavy atom. The molecule has 0 bridgehead atoms. The van der Waals surface area contributed by atoms with E-state index in [0.717, 1.165) is 18.9 Å². The highest BCUT2D eigenvalue weighted by atomic mass is 35.5. The molecule has 0 radical (unpaired) electrons. The molecule has 5 heteroatoms. The maximum absolute atomic E-state index is 12.5. The normalized spacial score (nSPS) is 28.0. The zero-order chi connectivity index (χ0) is 14.5. The van der Waals surface area contributed by atoms with Crippen LogP contribution in [-0.2, 0) is 4.79 Å². The third-order valence-corrected chi connectivity index (χ3v) is 5.23. The molecule has 1 saturated heterocycles. The standard InChI is InChI=1S/C16H31N3O.ClH/c1-13-8-9-19(15(10-13)11-17)12-16(20)18(2)14-6-4-3-5-7-14;/h13-15H,3-12,17H2,1-2H3;1H. The van der Waals surface area contributed by atoms with Gasteiger partial charge in [0.15, 0.2) is 0 Å². The SMILES string of the molecule is CC1CCN(CC(=O)N(C)C2CCCCC2)C(CN)C1.Cl.